The number of piperidine rings is 1. The van der Waals surface area contributed by atoms with Crippen molar-refractivity contribution in [1.82, 2.24) is 4.90 Å². The first-order valence-electron chi connectivity index (χ1n) is 6.24. The monoisotopic (exact) mass is 210 g/mol. The zero-order valence-electron chi connectivity index (χ0n) is 10.3. The van der Waals surface area contributed by atoms with Crippen LogP contribution in [-0.4, -0.2) is 30.6 Å². The quantitative estimate of drug-likeness (QED) is 0.706. The highest BCUT2D eigenvalue weighted by atomic mass is 15.1. The molecule has 0 radical (unpaired) electrons. The Kier molecular flexibility index (Phi) is 5.34. The van der Waals surface area contributed by atoms with Gasteiger partial charge in [0.15, 0.2) is 0 Å². The van der Waals surface area contributed by atoms with Gasteiger partial charge in [-0.15, -0.1) is 0 Å². The Balaban J connectivity index is 2.22. The van der Waals surface area contributed by atoms with Crippen molar-refractivity contribution in [3.63, 3.8) is 0 Å². The van der Waals surface area contributed by atoms with Gasteiger partial charge < -0.3 is 10.6 Å². The minimum absolute atomic E-state index is 0.707. The molecule has 0 unspecified atom stereocenters. The summed E-state index contributed by atoms with van der Waals surface area (Å²) >= 11 is 0. The summed E-state index contributed by atoms with van der Waals surface area (Å²) in [6, 6.07) is 0.707. The average Bonchev–Trinajstić information content (AvgIpc) is 2.18. The lowest BCUT2D eigenvalue weighted by Gasteiger charge is -2.34. The standard InChI is InChI=1S/C13H26N2/c1-11(2)15-8-5-13(6-9-15)10-12(3)4-7-14/h11,13H,3-10,14H2,1-2H3. The van der Waals surface area contributed by atoms with E-state index in [2.05, 4.69) is 25.3 Å². The molecule has 1 saturated heterocycles. The molecule has 1 aliphatic rings. The fourth-order valence-corrected chi connectivity index (χ4v) is 2.39. The van der Waals surface area contributed by atoms with E-state index in [-0.39, 0.29) is 0 Å². The van der Waals surface area contributed by atoms with Crippen molar-refractivity contribution in [2.24, 2.45) is 11.7 Å². The Labute approximate surface area is 94.5 Å². The number of nitrogens with zero attached hydrogens (tertiary/aromatic N) is 1. The minimum Gasteiger partial charge on any atom is -0.330 e. The van der Waals surface area contributed by atoms with Crippen LogP contribution in [0.2, 0.25) is 0 Å². The first kappa shape index (κ1) is 12.7. The van der Waals surface area contributed by atoms with E-state index in [4.69, 9.17) is 5.73 Å². The largest absolute Gasteiger partial charge is 0.330 e. The summed E-state index contributed by atoms with van der Waals surface area (Å²) in [5.41, 5.74) is 6.87. The molecule has 0 saturated carbocycles. The van der Waals surface area contributed by atoms with Gasteiger partial charge in [0.1, 0.15) is 0 Å². The van der Waals surface area contributed by atoms with Gasteiger partial charge in [-0.25, -0.2) is 0 Å². The summed E-state index contributed by atoms with van der Waals surface area (Å²) in [5, 5.41) is 0. The normalized spacial score (nSPS) is 19.7. The van der Waals surface area contributed by atoms with E-state index in [1.165, 1.54) is 37.9 Å². The molecule has 1 heterocycles. The lowest BCUT2D eigenvalue weighted by Crippen LogP contribution is -2.38. The molecule has 1 fully saturated rings. The topological polar surface area (TPSA) is 29.3 Å². The highest BCUT2D eigenvalue weighted by Crippen LogP contribution is 2.25. The molecule has 0 atom stereocenters. The number of hydrogen-bond acceptors (Lipinski definition) is 2. The Morgan fingerprint density at radius 1 is 1.40 bits per heavy atom. The van der Waals surface area contributed by atoms with Crippen LogP contribution in [0.25, 0.3) is 0 Å². The number of likely N-dealkylation sites (tertiary alicyclic amines) is 1. The summed E-state index contributed by atoms with van der Waals surface area (Å²) in [4.78, 5) is 2.57. The molecule has 0 bridgehead atoms. The Hall–Kier alpha value is -0.340. The Bertz CT molecular complexity index is 191. The van der Waals surface area contributed by atoms with Gasteiger partial charge in [-0.2, -0.15) is 0 Å². The van der Waals surface area contributed by atoms with E-state index in [9.17, 15) is 0 Å². The fourth-order valence-electron chi connectivity index (χ4n) is 2.39. The van der Waals surface area contributed by atoms with Gasteiger partial charge in [-0.3, -0.25) is 0 Å². The van der Waals surface area contributed by atoms with E-state index in [0.29, 0.717) is 6.04 Å². The van der Waals surface area contributed by atoms with Crippen molar-refractivity contribution < 1.29 is 0 Å². The van der Waals surface area contributed by atoms with Gasteiger partial charge in [0.2, 0.25) is 0 Å². The predicted octanol–water partition coefficient (Wildman–Crippen LogP) is 2.40. The van der Waals surface area contributed by atoms with Crippen molar-refractivity contribution >= 4 is 0 Å². The van der Waals surface area contributed by atoms with Crippen LogP contribution in [0.4, 0.5) is 0 Å². The zero-order chi connectivity index (χ0) is 11.3. The lowest BCUT2D eigenvalue weighted by atomic mass is 9.89. The molecular weight excluding hydrogens is 184 g/mol. The summed E-state index contributed by atoms with van der Waals surface area (Å²) in [6.45, 7) is 11.9. The number of hydrogen-bond donors (Lipinski definition) is 1. The Morgan fingerprint density at radius 2 is 2.00 bits per heavy atom. The smallest absolute Gasteiger partial charge is 0.00385 e. The Morgan fingerprint density at radius 3 is 2.47 bits per heavy atom. The highest BCUT2D eigenvalue weighted by Gasteiger charge is 2.20. The maximum atomic E-state index is 5.53. The van der Waals surface area contributed by atoms with Gasteiger partial charge in [0, 0.05) is 6.04 Å². The molecule has 0 aromatic heterocycles. The van der Waals surface area contributed by atoms with Crippen molar-refractivity contribution in [1.29, 1.82) is 0 Å². The summed E-state index contributed by atoms with van der Waals surface area (Å²) in [7, 11) is 0. The number of rotatable bonds is 5. The molecule has 2 nitrogen and oxygen atoms in total. The second kappa shape index (κ2) is 6.29. The summed E-state index contributed by atoms with van der Waals surface area (Å²) in [6.07, 6.45) is 4.87. The molecule has 0 aliphatic carbocycles. The first-order valence-corrected chi connectivity index (χ1v) is 6.24. The molecule has 88 valence electrons. The van der Waals surface area contributed by atoms with Crippen LogP contribution >= 0.6 is 0 Å². The van der Waals surface area contributed by atoms with Gasteiger partial charge in [-0.05, 0) is 65.1 Å². The van der Waals surface area contributed by atoms with Crippen LogP contribution in [0.5, 0.6) is 0 Å². The molecule has 0 spiro atoms. The second-order valence-corrected chi connectivity index (χ2v) is 5.07. The van der Waals surface area contributed by atoms with Crippen LogP contribution in [-0.2, 0) is 0 Å². The van der Waals surface area contributed by atoms with Crippen molar-refractivity contribution in [2.45, 2.75) is 45.6 Å². The van der Waals surface area contributed by atoms with Crippen molar-refractivity contribution in [2.75, 3.05) is 19.6 Å². The third-order valence-corrected chi connectivity index (χ3v) is 3.45. The molecule has 0 aromatic carbocycles. The average molecular weight is 210 g/mol. The molecule has 0 amide bonds. The summed E-state index contributed by atoms with van der Waals surface area (Å²) in [5.74, 6) is 0.860. The molecule has 2 N–H and O–H groups in total. The van der Waals surface area contributed by atoms with Crippen LogP contribution in [0.1, 0.15) is 39.5 Å². The SMILES string of the molecule is C=C(CCN)CC1CCN(C(C)C)CC1. The van der Waals surface area contributed by atoms with E-state index >= 15 is 0 Å². The summed E-state index contributed by atoms with van der Waals surface area (Å²) < 4.78 is 0. The van der Waals surface area contributed by atoms with Crippen molar-refractivity contribution in [3.8, 4) is 0 Å². The van der Waals surface area contributed by atoms with Crippen molar-refractivity contribution in [3.05, 3.63) is 12.2 Å². The first-order chi connectivity index (χ1) is 7.13. The number of nitrogens with two attached hydrogens (primary N) is 1. The molecule has 2 heteroatoms. The van der Waals surface area contributed by atoms with Gasteiger partial charge >= 0.3 is 0 Å². The fraction of sp³-hybridized carbons (Fsp3) is 0.846. The minimum atomic E-state index is 0.707. The second-order valence-electron chi connectivity index (χ2n) is 5.07. The van der Waals surface area contributed by atoms with E-state index in [1.54, 1.807) is 0 Å². The van der Waals surface area contributed by atoms with E-state index in [1.807, 2.05) is 0 Å². The lowest BCUT2D eigenvalue weighted by molar-refractivity contribution is 0.149. The molecule has 1 aliphatic heterocycles. The van der Waals surface area contributed by atoms with Crippen LogP contribution in [0.3, 0.4) is 0 Å². The third kappa shape index (κ3) is 4.35. The predicted molar refractivity (Wildman–Crippen MR) is 66.9 cm³/mol. The van der Waals surface area contributed by atoms with Gasteiger partial charge in [0.25, 0.3) is 0 Å². The maximum Gasteiger partial charge on any atom is 0.00385 e. The van der Waals surface area contributed by atoms with E-state index < -0.39 is 0 Å². The molecule has 1 rings (SSSR count). The van der Waals surface area contributed by atoms with Crippen LogP contribution < -0.4 is 5.73 Å². The van der Waals surface area contributed by atoms with Crippen LogP contribution in [0.15, 0.2) is 12.2 Å². The van der Waals surface area contributed by atoms with Gasteiger partial charge in [-0.1, -0.05) is 12.2 Å². The zero-order valence-corrected chi connectivity index (χ0v) is 10.3. The third-order valence-electron chi connectivity index (χ3n) is 3.45. The molecule has 15 heavy (non-hydrogen) atoms. The maximum absolute atomic E-state index is 5.53. The van der Waals surface area contributed by atoms with Crippen LogP contribution in [0, 0.1) is 5.92 Å². The molecule has 0 aromatic rings. The highest BCUT2D eigenvalue weighted by molar-refractivity contribution is 4.97. The van der Waals surface area contributed by atoms with Gasteiger partial charge in [0.05, 0.1) is 0 Å². The van der Waals surface area contributed by atoms with E-state index in [0.717, 1.165) is 18.9 Å². The molecular formula is C13H26N2.